The van der Waals surface area contributed by atoms with Gasteiger partial charge < -0.3 is 4.90 Å². The second-order valence-corrected chi connectivity index (χ2v) is 5.23. The fourth-order valence-corrected chi connectivity index (χ4v) is 1.85. The first-order valence-corrected chi connectivity index (χ1v) is 5.52. The van der Waals surface area contributed by atoms with E-state index in [0.29, 0.717) is 5.57 Å². The van der Waals surface area contributed by atoms with Crippen molar-refractivity contribution in [3.05, 3.63) is 12.2 Å². The number of piperazine rings is 1. The van der Waals surface area contributed by atoms with Crippen molar-refractivity contribution < 1.29 is 4.79 Å². The Hall–Kier alpha value is -0.830. The van der Waals surface area contributed by atoms with E-state index in [-0.39, 0.29) is 11.4 Å². The summed E-state index contributed by atoms with van der Waals surface area (Å²) in [7, 11) is 0. The first-order valence-electron chi connectivity index (χ1n) is 5.52. The minimum Gasteiger partial charge on any atom is -0.336 e. The van der Waals surface area contributed by atoms with E-state index in [0.717, 1.165) is 26.2 Å². The van der Waals surface area contributed by atoms with E-state index in [1.54, 1.807) is 6.92 Å². The second kappa shape index (κ2) is 4.35. The lowest BCUT2D eigenvalue weighted by Crippen LogP contribution is -2.54. The summed E-state index contributed by atoms with van der Waals surface area (Å²) < 4.78 is 0. The van der Waals surface area contributed by atoms with Crippen LogP contribution in [0.5, 0.6) is 0 Å². The van der Waals surface area contributed by atoms with Crippen LogP contribution in [-0.2, 0) is 4.79 Å². The summed E-state index contributed by atoms with van der Waals surface area (Å²) in [5.41, 5.74) is 0.845. The van der Waals surface area contributed by atoms with Gasteiger partial charge in [-0.3, -0.25) is 9.69 Å². The van der Waals surface area contributed by atoms with Crippen molar-refractivity contribution in [3.8, 4) is 0 Å². The minimum atomic E-state index is 0.101. The zero-order valence-electron chi connectivity index (χ0n) is 10.3. The van der Waals surface area contributed by atoms with E-state index < -0.39 is 0 Å². The van der Waals surface area contributed by atoms with Crippen LogP contribution in [0.4, 0.5) is 0 Å². The molecule has 0 bridgehead atoms. The molecule has 0 aromatic carbocycles. The fourth-order valence-electron chi connectivity index (χ4n) is 1.85. The predicted molar refractivity (Wildman–Crippen MR) is 62.7 cm³/mol. The molecule has 1 fully saturated rings. The number of hydrogen-bond donors (Lipinski definition) is 0. The van der Waals surface area contributed by atoms with Crippen molar-refractivity contribution in [2.45, 2.75) is 33.2 Å². The van der Waals surface area contributed by atoms with Gasteiger partial charge in [0, 0.05) is 37.3 Å². The monoisotopic (exact) mass is 210 g/mol. The third-order valence-corrected chi connectivity index (χ3v) is 2.88. The van der Waals surface area contributed by atoms with E-state index in [2.05, 4.69) is 32.3 Å². The van der Waals surface area contributed by atoms with Crippen molar-refractivity contribution in [1.29, 1.82) is 0 Å². The molecule has 1 aliphatic rings. The Labute approximate surface area is 92.7 Å². The van der Waals surface area contributed by atoms with Gasteiger partial charge >= 0.3 is 0 Å². The first-order chi connectivity index (χ1) is 6.82. The number of rotatable bonds is 1. The Kier molecular flexibility index (Phi) is 3.55. The Morgan fingerprint density at radius 1 is 1.13 bits per heavy atom. The van der Waals surface area contributed by atoms with Gasteiger partial charge in [-0.15, -0.1) is 0 Å². The Morgan fingerprint density at radius 2 is 1.60 bits per heavy atom. The molecule has 15 heavy (non-hydrogen) atoms. The van der Waals surface area contributed by atoms with Crippen molar-refractivity contribution in [2.24, 2.45) is 0 Å². The van der Waals surface area contributed by atoms with Crippen LogP contribution in [0.1, 0.15) is 27.7 Å². The van der Waals surface area contributed by atoms with Gasteiger partial charge in [0.05, 0.1) is 0 Å². The van der Waals surface area contributed by atoms with E-state index in [9.17, 15) is 4.79 Å². The number of amides is 1. The van der Waals surface area contributed by atoms with E-state index in [1.165, 1.54) is 0 Å². The highest BCUT2D eigenvalue weighted by Crippen LogP contribution is 2.16. The molecule has 1 saturated heterocycles. The van der Waals surface area contributed by atoms with E-state index in [4.69, 9.17) is 0 Å². The standard InChI is InChI=1S/C12H22N2O/c1-10(2)11(15)13-6-8-14(9-7-13)12(3,4)5/h1,6-9H2,2-5H3. The fraction of sp³-hybridized carbons (Fsp3) is 0.750. The highest BCUT2D eigenvalue weighted by Gasteiger charge is 2.27. The summed E-state index contributed by atoms with van der Waals surface area (Å²) in [5.74, 6) is 0.101. The van der Waals surface area contributed by atoms with Crippen LogP contribution in [0.15, 0.2) is 12.2 Å². The zero-order chi connectivity index (χ0) is 11.6. The van der Waals surface area contributed by atoms with Crippen LogP contribution in [-0.4, -0.2) is 47.4 Å². The van der Waals surface area contributed by atoms with Gasteiger partial charge in [0.2, 0.25) is 5.91 Å². The van der Waals surface area contributed by atoms with Gasteiger partial charge in [0.1, 0.15) is 0 Å². The molecule has 1 heterocycles. The van der Waals surface area contributed by atoms with Gasteiger partial charge in [-0.05, 0) is 27.7 Å². The summed E-state index contributed by atoms with van der Waals surface area (Å²) >= 11 is 0. The highest BCUT2D eigenvalue weighted by atomic mass is 16.2. The molecule has 3 nitrogen and oxygen atoms in total. The smallest absolute Gasteiger partial charge is 0.248 e. The van der Waals surface area contributed by atoms with E-state index >= 15 is 0 Å². The maximum atomic E-state index is 11.7. The van der Waals surface area contributed by atoms with Gasteiger partial charge in [-0.1, -0.05) is 6.58 Å². The molecule has 3 heteroatoms. The molecule has 86 valence electrons. The second-order valence-electron chi connectivity index (χ2n) is 5.23. The van der Waals surface area contributed by atoms with E-state index in [1.807, 2.05) is 4.90 Å². The highest BCUT2D eigenvalue weighted by molar-refractivity contribution is 5.92. The zero-order valence-corrected chi connectivity index (χ0v) is 10.3. The summed E-state index contributed by atoms with van der Waals surface area (Å²) in [6.45, 7) is 15.7. The average molecular weight is 210 g/mol. The number of hydrogen-bond acceptors (Lipinski definition) is 2. The molecule has 1 aliphatic heterocycles. The van der Waals surface area contributed by atoms with Crippen LogP contribution >= 0.6 is 0 Å². The normalized spacial score (nSPS) is 19.1. The molecule has 0 saturated carbocycles. The van der Waals surface area contributed by atoms with Crippen LogP contribution in [0.2, 0.25) is 0 Å². The van der Waals surface area contributed by atoms with Crippen molar-refractivity contribution in [1.82, 2.24) is 9.80 Å². The molecule has 0 aromatic heterocycles. The largest absolute Gasteiger partial charge is 0.336 e. The molecular weight excluding hydrogens is 188 g/mol. The molecule has 0 atom stereocenters. The topological polar surface area (TPSA) is 23.6 Å². The van der Waals surface area contributed by atoms with Gasteiger partial charge in [-0.2, -0.15) is 0 Å². The molecule has 1 rings (SSSR count). The average Bonchev–Trinajstić information content (AvgIpc) is 2.15. The van der Waals surface area contributed by atoms with Crippen LogP contribution < -0.4 is 0 Å². The molecule has 0 unspecified atom stereocenters. The lowest BCUT2D eigenvalue weighted by molar-refractivity contribution is -0.129. The van der Waals surface area contributed by atoms with Gasteiger partial charge in [0.25, 0.3) is 0 Å². The lowest BCUT2D eigenvalue weighted by atomic mass is 10.0. The summed E-state index contributed by atoms with van der Waals surface area (Å²) in [5, 5.41) is 0. The molecule has 0 radical (unpaired) electrons. The SMILES string of the molecule is C=C(C)C(=O)N1CCN(C(C)(C)C)CC1. The van der Waals surface area contributed by atoms with Crippen LogP contribution in [0, 0.1) is 0 Å². The number of carbonyl (C=O) groups excluding carboxylic acids is 1. The Bertz CT molecular complexity index is 257. The van der Waals surface area contributed by atoms with Gasteiger partial charge in [-0.25, -0.2) is 0 Å². The number of carbonyl (C=O) groups is 1. The van der Waals surface area contributed by atoms with Crippen LogP contribution in [0.25, 0.3) is 0 Å². The maximum absolute atomic E-state index is 11.7. The summed E-state index contributed by atoms with van der Waals surface area (Å²) in [4.78, 5) is 16.0. The quantitative estimate of drug-likeness (QED) is 0.612. The minimum absolute atomic E-state index is 0.101. The number of nitrogens with zero attached hydrogens (tertiary/aromatic N) is 2. The third-order valence-electron chi connectivity index (χ3n) is 2.88. The molecule has 0 aromatic rings. The molecule has 0 spiro atoms. The van der Waals surface area contributed by atoms with Crippen molar-refractivity contribution >= 4 is 5.91 Å². The van der Waals surface area contributed by atoms with Crippen molar-refractivity contribution in [3.63, 3.8) is 0 Å². The predicted octanol–water partition coefficient (Wildman–Crippen LogP) is 1.51. The van der Waals surface area contributed by atoms with Crippen LogP contribution in [0.3, 0.4) is 0 Å². The molecule has 0 N–H and O–H groups in total. The summed E-state index contributed by atoms with van der Waals surface area (Å²) in [6, 6.07) is 0. The first kappa shape index (κ1) is 12.2. The summed E-state index contributed by atoms with van der Waals surface area (Å²) in [6.07, 6.45) is 0. The lowest BCUT2D eigenvalue weighted by Gasteiger charge is -2.42. The maximum Gasteiger partial charge on any atom is 0.248 e. The third kappa shape index (κ3) is 3.06. The Morgan fingerprint density at radius 3 is 1.93 bits per heavy atom. The van der Waals surface area contributed by atoms with Gasteiger partial charge in [0.15, 0.2) is 0 Å². The molecule has 1 amide bonds. The molecular formula is C12H22N2O. The molecule has 0 aliphatic carbocycles. The van der Waals surface area contributed by atoms with Crippen molar-refractivity contribution in [2.75, 3.05) is 26.2 Å². The Balaban J connectivity index is 2.50.